The minimum Gasteiger partial charge on any atom is -0.349 e. The van der Waals surface area contributed by atoms with Crippen molar-refractivity contribution in [3.8, 4) is 0 Å². The molecule has 1 saturated carbocycles. The Morgan fingerprint density at radius 1 is 1.00 bits per heavy atom. The highest BCUT2D eigenvalue weighted by Gasteiger charge is 2.18. The molecule has 0 atom stereocenters. The number of rotatable bonds is 5. The number of carbonyl (C=O) groups is 2. The van der Waals surface area contributed by atoms with Gasteiger partial charge in [-0.2, -0.15) is 0 Å². The van der Waals surface area contributed by atoms with Crippen molar-refractivity contribution in [2.75, 3.05) is 5.32 Å². The van der Waals surface area contributed by atoms with Gasteiger partial charge in [-0.25, -0.2) is 0 Å². The molecule has 1 heterocycles. The van der Waals surface area contributed by atoms with E-state index in [1.54, 1.807) is 6.07 Å². The topological polar surface area (TPSA) is 71.1 Å². The molecule has 1 aliphatic rings. The molecule has 0 spiro atoms. The largest absolute Gasteiger partial charge is 0.349 e. The molecule has 2 amide bonds. The van der Waals surface area contributed by atoms with Crippen LogP contribution in [-0.2, 0) is 0 Å². The van der Waals surface area contributed by atoms with Crippen molar-refractivity contribution in [2.45, 2.75) is 57.9 Å². The summed E-state index contributed by atoms with van der Waals surface area (Å²) >= 11 is 0. The number of nitrogens with zero attached hydrogens (tertiary/aromatic N) is 1. The number of amides is 2. The van der Waals surface area contributed by atoms with Crippen LogP contribution < -0.4 is 10.6 Å². The van der Waals surface area contributed by atoms with E-state index in [4.69, 9.17) is 0 Å². The fourth-order valence-electron chi connectivity index (χ4n) is 3.51. The molecule has 0 saturated heterocycles. The van der Waals surface area contributed by atoms with Crippen molar-refractivity contribution in [3.05, 3.63) is 59.4 Å². The maximum absolute atomic E-state index is 12.7. The Hall–Kier alpha value is -2.69. The minimum absolute atomic E-state index is 0.161. The van der Waals surface area contributed by atoms with Gasteiger partial charge in [0.2, 0.25) is 0 Å². The predicted octanol–water partition coefficient (Wildman–Crippen LogP) is 4.52. The van der Waals surface area contributed by atoms with E-state index in [0.29, 0.717) is 17.0 Å². The molecule has 5 heteroatoms. The molecular weight excluding hydrogens is 338 g/mol. The molecule has 0 bridgehead atoms. The molecule has 1 aromatic heterocycles. The van der Waals surface area contributed by atoms with Crippen LogP contribution in [0.3, 0.4) is 0 Å². The number of benzene rings is 1. The highest BCUT2D eigenvalue weighted by atomic mass is 16.2. The zero-order valence-electron chi connectivity index (χ0n) is 16.0. The summed E-state index contributed by atoms with van der Waals surface area (Å²) in [5.74, 6) is -0.123. The normalized spacial score (nSPS) is 14.8. The van der Waals surface area contributed by atoms with Crippen molar-refractivity contribution in [2.24, 2.45) is 0 Å². The summed E-state index contributed by atoms with van der Waals surface area (Å²) in [4.78, 5) is 29.3. The first-order valence-electron chi connectivity index (χ1n) is 9.71. The number of pyridine rings is 1. The van der Waals surface area contributed by atoms with Gasteiger partial charge in [0.1, 0.15) is 0 Å². The Kier molecular flexibility index (Phi) is 6.22. The Balaban J connectivity index is 1.71. The monoisotopic (exact) mass is 365 g/mol. The second-order valence-corrected chi connectivity index (χ2v) is 7.47. The average Bonchev–Trinajstić information content (AvgIpc) is 2.69. The lowest BCUT2D eigenvalue weighted by Gasteiger charge is -2.22. The molecule has 3 rings (SSSR count). The molecule has 0 unspecified atom stereocenters. The van der Waals surface area contributed by atoms with E-state index in [1.165, 1.54) is 18.8 Å². The van der Waals surface area contributed by atoms with Crippen molar-refractivity contribution >= 4 is 17.5 Å². The van der Waals surface area contributed by atoms with E-state index in [1.807, 2.05) is 24.3 Å². The van der Waals surface area contributed by atoms with Gasteiger partial charge in [0.15, 0.2) is 0 Å². The summed E-state index contributed by atoms with van der Waals surface area (Å²) < 4.78 is 0. The van der Waals surface area contributed by atoms with Crippen LogP contribution in [0.25, 0.3) is 0 Å². The fourth-order valence-corrected chi connectivity index (χ4v) is 3.51. The van der Waals surface area contributed by atoms with Gasteiger partial charge >= 0.3 is 0 Å². The quantitative estimate of drug-likeness (QED) is 0.818. The number of nitrogens with one attached hydrogen (secondary N) is 2. The highest BCUT2D eigenvalue weighted by molar-refractivity contribution is 6.06. The van der Waals surface area contributed by atoms with Crippen molar-refractivity contribution in [3.63, 3.8) is 0 Å². The summed E-state index contributed by atoms with van der Waals surface area (Å²) in [6.45, 7) is 4.17. The van der Waals surface area contributed by atoms with Crippen LogP contribution in [0.4, 0.5) is 5.69 Å². The number of para-hydroxylation sites is 1. The Morgan fingerprint density at radius 3 is 2.37 bits per heavy atom. The number of hydrogen-bond acceptors (Lipinski definition) is 3. The van der Waals surface area contributed by atoms with Crippen LogP contribution in [0, 0.1) is 0 Å². The maximum Gasteiger partial charge on any atom is 0.257 e. The first kappa shape index (κ1) is 19.1. The van der Waals surface area contributed by atoms with Gasteiger partial charge in [-0.05, 0) is 36.5 Å². The van der Waals surface area contributed by atoms with E-state index < -0.39 is 0 Å². The average molecular weight is 365 g/mol. The molecule has 0 aliphatic heterocycles. The van der Waals surface area contributed by atoms with Gasteiger partial charge < -0.3 is 10.6 Å². The van der Waals surface area contributed by atoms with Gasteiger partial charge in [0, 0.05) is 24.1 Å². The number of hydrogen-bond donors (Lipinski definition) is 2. The van der Waals surface area contributed by atoms with Crippen LogP contribution >= 0.6 is 0 Å². The van der Waals surface area contributed by atoms with Gasteiger partial charge in [-0.3, -0.25) is 14.6 Å². The third-order valence-electron chi connectivity index (χ3n) is 5.03. The van der Waals surface area contributed by atoms with Gasteiger partial charge in [-0.15, -0.1) is 0 Å². The first-order chi connectivity index (χ1) is 13.0. The first-order valence-corrected chi connectivity index (χ1v) is 9.71. The molecule has 2 aromatic rings. The Morgan fingerprint density at radius 2 is 1.67 bits per heavy atom. The van der Waals surface area contributed by atoms with Crippen LogP contribution in [0.5, 0.6) is 0 Å². The zero-order chi connectivity index (χ0) is 19.2. The number of aromatic nitrogens is 1. The SMILES string of the molecule is CC(C)c1ccccc1NC(=O)c1cncc(C(=O)NC2CCCCC2)c1. The molecule has 2 N–H and O–H groups in total. The summed E-state index contributed by atoms with van der Waals surface area (Å²) in [7, 11) is 0. The smallest absolute Gasteiger partial charge is 0.257 e. The Labute approximate surface area is 160 Å². The predicted molar refractivity (Wildman–Crippen MR) is 107 cm³/mol. The zero-order valence-corrected chi connectivity index (χ0v) is 16.0. The summed E-state index contributed by atoms with van der Waals surface area (Å²) in [5.41, 5.74) is 2.66. The third-order valence-corrected chi connectivity index (χ3v) is 5.03. The lowest BCUT2D eigenvalue weighted by atomic mass is 9.95. The lowest BCUT2D eigenvalue weighted by Crippen LogP contribution is -2.36. The van der Waals surface area contributed by atoms with Crippen molar-refractivity contribution in [1.82, 2.24) is 10.3 Å². The number of carbonyl (C=O) groups excluding carboxylic acids is 2. The second-order valence-electron chi connectivity index (χ2n) is 7.47. The van der Waals surface area contributed by atoms with Gasteiger partial charge in [0.25, 0.3) is 11.8 Å². The molecule has 1 aliphatic carbocycles. The van der Waals surface area contributed by atoms with E-state index in [-0.39, 0.29) is 17.9 Å². The summed E-state index contributed by atoms with van der Waals surface area (Å²) in [6.07, 6.45) is 8.58. The van der Waals surface area contributed by atoms with E-state index in [9.17, 15) is 9.59 Å². The van der Waals surface area contributed by atoms with Crippen LogP contribution in [0.2, 0.25) is 0 Å². The van der Waals surface area contributed by atoms with Gasteiger partial charge in [-0.1, -0.05) is 51.3 Å². The highest BCUT2D eigenvalue weighted by Crippen LogP contribution is 2.24. The van der Waals surface area contributed by atoms with Crippen LogP contribution in [0.1, 0.15) is 78.1 Å². The summed E-state index contributed by atoms with van der Waals surface area (Å²) in [6, 6.07) is 9.59. The molecular formula is C22H27N3O2. The molecule has 5 nitrogen and oxygen atoms in total. The van der Waals surface area contributed by atoms with Gasteiger partial charge in [0.05, 0.1) is 11.1 Å². The van der Waals surface area contributed by atoms with Crippen molar-refractivity contribution < 1.29 is 9.59 Å². The lowest BCUT2D eigenvalue weighted by molar-refractivity contribution is 0.0927. The molecule has 1 aromatic carbocycles. The van der Waals surface area contributed by atoms with E-state index in [2.05, 4.69) is 29.5 Å². The molecule has 1 fully saturated rings. The maximum atomic E-state index is 12.7. The second kappa shape index (κ2) is 8.80. The van der Waals surface area contributed by atoms with Crippen molar-refractivity contribution in [1.29, 1.82) is 0 Å². The minimum atomic E-state index is -0.261. The molecule has 27 heavy (non-hydrogen) atoms. The summed E-state index contributed by atoms with van der Waals surface area (Å²) in [5, 5.41) is 6.01. The Bertz CT molecular complexity index is 811. The van der Waals surface area contributed by atoms with Crippen LogP contribution in [0.15, 0.2) is 42.7 Å². The van der Waals surface area contributed by atoms with E-state index in [0.717, 1.165) is 36.9 Å². The van der Waals surface area contributed by atoms with Crippen LogP contribution in [-0.4, -0.2) is 22.8 Å². The van der Waals surface area contributed by atoms with E-state index >= 15 is 0 Å². The molecule has 142 valence electrons. The molecule has 0 radical (unpaired) electrons. The third kappa shape index (κ3) is 4.94. The standard InChI is InChI=1S/C22H27N3O2/c1-15(2)19-10-6-7-11-20(19)25-22(27)17-12-16(13-23-14-17)21(26)24-18-8-4-3-5-9-18/h6-7,10-15,18H,3-5,8-9H2,1-2H3,(H,24,26)(H,25,27). The number of anilines is 1. The fraction of sp³-hybridized carbons (Fsp3) is 0.409.